The topological polar surface area (TPSA) is 41.6 Å². The van der Waals surface area contributed by atoms with Crippen LogP contribution in [0.1, 0.15) is 16.8 Å². The van der Waals surface area contributed by atoms with E-state index in [4.69, 9.17) is 28.5 Å². The summed E-state index contributed by atoms with van der Waals surface area (Å²) < 4.78 is 78.1. The Hall–Kier alpha value is -1.57. The fourth-order valence-corrected chi connectivity index (χ4v) is 3.27. The van der Waals surface area contributed by atoms with E-state index in [0.29, 0.717) is 16.8 Å². The van der Waals surface area contributed by atoms with Crippen LogP contribution in [0.3, 0.4) is 0 Å². The summed E-state index contributed by atoms with van der Waals surface area (Å²) in [5, 5.41) is 10.9. The molecule has 0 aliphatic rings. The number of halogens is 8. The Bertz CT molecular complexity index is 843. The smallest absolute Gasteiger partial charge is 0.222 e. The van der Waals surface area contributed by atoms with Crippen molar-refractivity contribution in [2.75, 3.05) is 6.26 Å². The number of benzene rings is 1. The minimum absolute atomic E-state index is 0.251. The molecule has 0 aliphatic heterocycles. The van der Waals surface area contributed by atoms with E-state index in [2.05, 4.69) is 5.10 Å². The van der Waals surface area contributed by atoms with Gasteiger partial charge in [0, 0.05) is 0 Å². The molecular weight excluding hydrogens is 415 g/mol. The third-order valence-corrected chi connectivity index (χ3v) is 4.31. The van der Waals surface area contributed by atoms with E-state index in [1.54, 1.807) is 0 Å². The zero-order valence-electron chi connectivity index (χ0n) is 11.9. The first kappa shape index (κ1) is 19.8. The molecule has 0 N–H and O–H groups in total. The molecule has 0 fully saturated rings. The lowest BCUT2D eigenvalue weighted by Crippen LogP contribution is -2.10. The minimum Gasteiger partial charge on any atom is -0.222 e. The van der Waals surface area contributed by atoms with Gasteiger partial charge < -0.3 is 0 Å². The highest BCUT2D eigenvalue weighted by Gasteiger charge is 2.40. The van der Waals surface area contributed by atoms with E-state index in [0.717, 1.165) is 11.8 Å². The van der Waals surface area contributed by atoms with Crippen LogP contribution < -0.4 is 0 Å². The Labute approximate surface area is 151 Å². The fraction of sp³-hybridized carbons (Fsp3) is 0.231. The number of nitriles is 1. The van der Waals surface area contributed by atoms with Gasteiger partial charge in [-0.15, -0.1) is 11.8 Å². The molecule has 25 heavy (non-hydrogen) atoms. The summed E-state index contributed by atoms with van der Waals surface area (Å²) in [6.45, 7) is 0. The first-order valence-electron chi connectivity index (χ1n) is 6.12. The molecule has 0 aliphatic carbocycles. The van der Waals surface area contributed by atoms with E-state index in [-0.39, 0.29) is 10.7 Å². The summed E-state index contributed by atoms with van der Waals surface area (Å²) in [6.07, 6.45) is -8.31. The number of rotatable bonds is 2. The zero-order chi connectivity index (χ0) is 19.2. The molecule has 2 aromatic rings. The van der Waals surface area contributed by atoms with Crippen LogP contribution in [-0.4, -0.2) is 16.0 Å². The molecule has 0 unspecified atom stereocenters. The predicted octanol–water partition coefficient (Wildman–Crippen LogP) is 5.81. The SMILES string of the molecule is CSc1c(C#N)c(C(F)(F)F)nn1-c1c(Cl)cc(C(F)(F)F)cc1Cl. The van der Waals surface area contributed by atoms with Crippen LogP contribution in [0, 0.1) is 11.3 Å². The van der Waals surface area contributed by atoms with Crippen LogP contribution in [0.4, 0.5) is 26.3 Å². The van der Waals surface area contributed by atoms with Crippen LogP contribution in [0.5, 0.6) is 0 Å². The summed E-state index contributed by atoms with van der Waals surface area (Å²) >= 11 is 12.4. The van der Waals surface area contributed by atoms with Gasteiger partial charge in [-0.2, -0.15) is 36.7 Å². The second-order valence-electron chi connectivity index (χ2n) is 4.54. The molecule has 0 spiro atoms. The molecule has 0 bridgehead atoms. The molecule has 3 nitrogen and oxygen atoms in total. The highest BCUT2D eigenvalue weighted by Crippen LogP contribution is 2.41. The normalized spacial score (nSPS) is 12.3. The number of hydrogen-bond acceptors (Lipinski definition) is 3. The number of alkyl halides is 6. The monoisotopic (exact) mass is 419 g/mol. The number of aromatic nitrogens is 2. The average molecular weight is 420 g/mol. The lowest BCUT2D eigenvalue weighted by atomic mass is 10.2. The zero-order valence-corrected chi connectivity index (χ0v) is 14.3. The van der Waals surface area contributed by atoms with Crippen molar-refractivity contribution in [3.63, 3.8) is 0 Å². The van der Waals surface area contributed by atoms with Crippen molar-refractivity contribution >= 4 is 35.0 Å². The Balaban J connectivity index is 2.80. The van der Waals surface area contributed by atoms with Crippen molar-refractivity contribution in [3.8, 4) is 11.8 Å². The second-order valence-corrected chi connectivity index (χ2v) is 6.15. The minimum atomic E-state index is -4.94. The van der Waals surface area contributed by atoms with Gasteiger partial charge in [0.1, 0.15) is 22.3 Å². The van der Waals surface area contributed by atoms with E-state index >= 15 is 0 Å². The van der Waals surface area contributed by atoms with Crippen molar-refractivity contribution < 1.29 is 26.3 Å². The third-order valence-electron chi connectivity index (χ3n) is 2.97. The maximum absolute atomic E-state index is 13.1. The van der Waals surface area contributed by atoms with Gasteiger partial charge in [-0.25, -0.2) is 4.68 Å². The summed E-state index contributed by atoms with van der Waals surface area (Å²) in [7, 11) is 0. The van der Waals surface area contributed by atoms with Gasteiger partial charge in [-0.1, -0.05) is 23.2 Å². The van der Waals surface area contributed by atoms with Crippen LogP contribution in [-0.2, 0) is 12.4 Å². The fourth-order valence-electron chi connectivity index (χ4n) is 1.97. The lowest BCUT2D eigenvalue weighted by molar-refractivity contribution is -0.141. The van der Waals surface area contributed by atoms with E-state index in [9.17, 15) is 26.3 Å². The highest BCUT2D eigenvalue weighted by atomic mass is 35.5. The van der Waals surface area contributed by atoms with Gasteiger partial charge >= 0.3 is 12.4 Å². The number of thioether (sulfide) groups is 1. The van der Waals surface area contributed by atoms with Crippen LogP contribution >= 0.6 is 35.0 Å². The molecule has 2 rings (SSSR count). The standard InChI is InChI=1S/C13H5Cl2F6N3S/c1-25-11-6(4-22)10(13(19,20)21)23-24(11)9-7(14)2-5(3-8(9)15)12(16,17)18/h2-3H,1H3. The molecule has 134 valence electrons. The van der Waals surface area contributed by atoms with E-state index in [1.807, 2.05) is 0 Å². The summed E-state index contributed by atoms with van der Waals surface area (Å²) in [5.74, 6) is 0. The highest BCUT2D eigenvalue weighted by molar-refractivity contribution is 7.98. The van der Waals surface area contributed by atoms with E-state index in [1.165, 1.54) is 12.3 Å². The number of hydrogen-bond donors (Lipinski definition) is 0. The van der Waals surface area contributed by atoms with Gasteiger partial charge in [0.25, 0.3) is 0 Å². The molecule has 12 heteroatoms. The van der Waals surface area contributed by atoms with Crippen molar-refractivity contribution in [1.29, 1.82) is 5.26 Å². The Morgan fingerprint density at radius 2 is 1.60 bits per heavy atom. The van der Waals surface area contributed by atoms with Gasteiger partial charge in [0.15, 0.2) is 5.69 Å². The molecule has 1 aromatic heterocycles. The van der Waals surface area contributed by atoms with Gasteiger partial charge in [0.2, 0.25) is 0 Å². The molecule has 0 atom stereocenters. The molecule has 0 saturated carbocycles. The van der Waals surface area contributed by atoms with Crippen LogP contribution in [0.25, 0.3) is 5.69 Å². The molecule has 1 heterocycles. The van der Waals surface area contributed by atoms with Gasteiger partial charge in [0.05, 0.1) is 15.6 Å². The van der Waals surface area contributed by atoms with Crippen molar-refractivity contribution in [3.05, 3.63) is 39.0 Å². The molecule has 0 saturated heterocycles. The maximum Gasteiger partial charge on any atom is 0.436 e. The summed E-state index contributed by atoms with van der Waals surface area (Å²) in [4.78, 5) is 0. The summed E-state index contributed by atoms with van der Waals surface area (Å²) in [5.41, 5.74) is -3.80. The molecule has 1 aromatic carbocycles. The lowest BCUT2D eigenvalue weighted by Gasteiger charge is -2.13. The summed E-state index contributed by atoms with van der Waals surface area (Å²) in [6, 6.07) is 2.44. The van der Waals surface area contributed by atoms with Gasteiger partial charge in [-0.05, 0) is 18.4 Å². The number of nitrogens with zero attached hydrogens (tertiary/aromatic N) is 3. The Kier molecular flexibility index (Phi) is 5.23. The van der Waals surface area contributed by atoms with Crippen molar-refractivity contribution in [2.24, 2.45) is 0 Å². The first-order valence-corrected chi connectivity index (χ1v) is 8.10. The third kappa shape index (κ3) is 3.68. The van der Waals surface area contributed by atoms with Crippen LogP contribution in [0.2, 0.25) is 10.0 Å². The first-order chi connectivity index (χ1) is 11.4. The maximum atomic E-state index is 13.1. The average Bonchev–Trinajstić information content (AvgIpc) is 2.83. The molecular formula is C13H5Cl2F6N3S. The van der Waals surface area contributed by atoms with Crippen LogP contribution in [0.15, 0.2) is 17.2 Å². The quantitative estimate of drug-likeness (QED) is 0.455. The predicted molar refractivity (Wildman–Crippen MR) is 80.1 cm³/mol. The Morgan fingerprint density at radius 3 is 1.96 bits per heavy atom. The second kappa shape index (κ2) is 6.63. The van der Waals surface area contributed by atoms with Crippen molar-refractivity contribution in [2.45, 2.75) is 17.4 Å². The molecule has 0 radical (unpaired) electrons. The van der Waals surface area contributed by atoms with Gasteiger partial charge in [-0.3, -0.25) is 0 Å². The molecule has 0 amide bonds. The van der Waals surface area contributed by atoms with Crippen molar-refractivity contribution in [1.82, 2.24) is 9.78 Å². The largest absolute Gasteiger partial charge is 0.436 e. The van der Waals surface area contributed by atoms with E-state index < -0.39 is 39.2 Å². The Morgan fingerprint density at radius 1 is 1.08 bits per heavy atom.